The number of carbonyl (C=O) groups excluding carboxylic acids is 2. The molecule has 1 aliphatic heterocycles. The summed E-state index contributed by atoms with van der Waals surface area (Å²) in [6.45, 7) is 0. The molecule has 0 bridgehead atoms. The van der Waals surface area contributed by atoms with Crippen molar-refractivity contribution in [1.29, 1.82) is 0 Å². The Hall–Kier alpha value is -2.30. The summed E-state index contributed by atoms with van der Waals surface area (Å²) in [5, 5.41) is 4.54. The Morgan fingerprint density at radius 1 is 1.25 bits per heavy atom. The standard InChI is InChI=1S/C11H10N2O3/c1-16-8-4-2-3-7(5-8)6-9-10(14)13-11(15)12-9/h2-6H,1H3,(H2,12,13,14,15)/b9-6-. The molecule has 5 heteroatoms. The second kappa shape index (κ2) is 4.06. The Bertz CT molecular complexity index is 480. The van der Waals surface area contributed by atoms with Crippen LogP contribution in [0.5, 0.6) is 5.75 Å². The fourth-order valence-electron chi connectivity index (χ4n) is 1.38. The SMILES string of the molecule is COc1cccc(/C=C2\NC(=O)NC2=O)c1. The van der Waals surface area contributed by atoms with Gasteiger partial charge in [-0.1, -0.05) is 12.1 Å². The van der Waals surface area contributed by atoms with Gasteiger partial charge < -0.3 is 10.1 Å². The first-order chi connectivity index (χ1) is 7.69. The summed E-state index contributed by atoms with van der Waals surface area (Å²) in [6.07, 6.45) is 1.59. The predicted octanol–water partition coefficient (Wildman–Crippen LogP) is 0.875. The van der Waals surface area contributed by atoms with Crippen LogP contribution in [0.4, 0.5) is 4.79 Å². The van der Waals surface area contributed by atoms with Gasteiger partial charge in [0.15, 0.2) is 0 Å². The minimum absolute atomic E-state index is 0.234. The molecule has 2 N–H and O–H groups in total. The van der Waals surface area contributed by atoms with E-state index in [9.17, 15) is 9.59 Å². The van der Waals surface area contributed by atoms with Crippen LogP contribution in [0.3, 0.4) is 0 Å². The molecule has 2 rings (SSSR count). The van der Waals surface area contributed by atoms with E-state index in [1.807, 2.05) is 6.07 Å². The van der Waals surface area contributed by atoms with Crippen molar-refractivity contribution in [3.63, 3.8) is 0 Å². The molecule has 1 heterocycles. The van der Waals surface area contributed by atoms with Crippen LogP contribution in [0.1, 0.15) is 5.56 Å². The number of hydrogen-bond donors (Lipinski definition) is 2. The summed E-state index contributed by atoms with van der Waals surface area (Å²) < 4.78 is 5.05. The van der Waals surface area contributed by atoms with Crippen molar-refractivity contribution in [2.24, 2.45) is 0 Å². The number of carbonyl (C=O) groups is 2. The van der Waals surface area contributed by atoms with E-state index >= 15 is 0 Å². The van der Waals surface area contributed by atoms with Crippen LogP contribution in [-0.4, -0.2) is 19.0 Å². The quantitative estimate of drug-likeness (QED) is 0.572. The average Bonchev–Trinajstić information content (AvgIpc) is 2.58. The number of rotatable bonds is 2. The molecule has 82 valence electrons. The zero-order valence-electron chi connectivity index (χ0n) is 8.61. The van der Waals surface area contributed by atoms with Crippen LogP contribution >= 0.6 is 0 Å². The largest absolute Gasteiger partial charge is 0.497 e. The highest BCUT2D eigenvalue weighted by Crippen LogP contribution is 2.15. The Labute approximate surface area is 92.1 Å². The lowest BCUT2D eigenvalue weighted by Crippen LogP contribution is -2.22. The lowest BCUT2D eigenvalue weighted by atomic mass is 10.2. The first-order valence-electron chi connectivity index (χ1n) is 4.67. The van der Waals surface area contributed by atoms with E-state index in [-0.39, 0.29) is 5.70 Å². The van der Waals surface area contributed by atoms with Crippen molar-refractivity contribution in [2.45, 2.75) is 0 Å². The fraction of sp³-hybridized carbons (Fsp3) is 0.0909. The lowest BCUT2D eigenvalue weighted by molar-refractivity contribution is -0.115. The first kappa shape index (κ1) is 10.2. The summed E-state index contributed by atoms with van der Waals surface area (Å²) in [6, 6.07) is 6.69. The average molecular weight is 218 g/mol. The molecule has 1 aromatic carbocycles. The van der Waals surface area contributed by atoms with Gasteiger partial charge in [0, 0.05) is 0 Å². The lowest BCUT2D eigenvalue weighted by Gasteiger charge is -2.00. The minimum Gasteiger partial charge on any atom is -0.497 e. The van der Waals surface area contributed by atoms with Gasteiger partial charge >= 0.3 is 6.03 Å². The smallest absolute Gasteiger partial charge is 0.326 e. The molecule has 3 amide bonds. The number of nitrogens with one attached hydrogen (secondary N) is 2. The van der Waals surface area contributed by atoms with Crippen LogP contribution in [-0.2, 0) is 4.79 Å². The molecular weight excluding hydrogens is 208 g/mol. The van der Waals surface area contributed by atoms with Crippen molar-refractivity contribution in [2.75, 3.05) is 7.11 Å². The summed E-state index contributed by atoms with van der Waals surface area (Å²) in [5.74, 6) is 0.270. The number of urea groups is 1. The Morgan fingerprint density at radius 3 is 2.69 bits per heavy atom. The third-order valence-electron chi connectivity index (χ3n) is 2.12. The molecule has 0 atom stereocenters. The number of hydrogen-bond acceptors (Lipinski definition) is 3. The molecule has 0 radical (unpaired) electrons. The molecule has 5 nitrogen and oxygen atoms in total. The third kappa shape index (κ3) is 2.03. The molecule has 0 aromatic heterocycles. The highest BCUT2D eigenvalue weighted by molar-refractivity contribution is 6.13. The van der Waals surface area contributed by atoms with Crippen LogP contribution < -0.4 is 15.4 Å². The number of ether oxygens (including phenoxy) is 1. The van der Waals surface area contributed by atoms with Crippen LogP contribution in [0.2, 0.25) is 0 Å². The Balaban J connectivity index is 2.28. The van der Waals surface area contributed by atoms with Gasteiger partial charge in [-0.05, 0) is 23.8 Å². The monoisotopic (exact) mass is 218 g/mol. The topological polar surface area (TPSA) is 67.4 Å². The zero-order valence-corrected chi connectivity index (χ0v) is 8.61. The molecule has 0 aliphatic carbocycles. The van der Waals surface area contributed by atoms with Crippen LogP contribution in [0, 0.1) is 0 Å². The fourth-order valence-corrected chi connectivity index (χ4v) is 1.38. The van der Waals surface area contributed by atoms with Crippen molar-refractivity contribution in [3.8, 4) is 5.75 Å². The molecular formula is C11H10N2O3. The molecule has 0 saturated carbocycles. The van der Waals surface area contributed by atoms with Gasteiger partial charge in [-0.3, -0.25) is 10.1 Å². The molecule has 1 fully saturated rings. The van der Waals surface area contributed by atoms with E-state index in [2.05, 4.69) is 10.6 Å². The minimum atomic E-state index is -0.501. The second-order valence-electron chi connectivity index (χ2n) is 3.24. The molecule has 1 saturated heterocycles. The van der Waals surface area contributed by atoms with Crippen molar-refractivity contribution >= 4 is 18.0 Å². The van der Waals surface area contributed by atoms with Gasteiger partial charge in [0.2, 0.25) is 0 Å². The number of imide groups is 1. The summed E-state index contributed by atoms with van der Waals surface area (Å²) in [7, 11) is 1.57. The van der Waals surface area contributed by atoms with Gasteiger partial charge in [-0.15, -0.1) is 0 Å². The zero-order chi connectivity index (χ0) is 11.5. The number of benzene rings is 1. The normalized spacial score (nSPS) is 17.2. The van der Waals surface area contributed by atoms with Crippen LogP contribution in [0.15, 0.2) is 30.0 Å². The van der Waals surface area contributed by atoms with Gasteiger partial charge in [-0.2, -0.15) is 0 Å². The molecule has 0 spiro atoms. The number of amides is 3. The summed E-state index contributed by atoms with van der Waals surface area (Å²) in [5.41, 5.74) is 1.02. The van der Waals surface area contributed by atoms with Crippen molar-refractivity contribution < 1.29 is 14.3 Å². The van der Waals surface area contributed by atoms with E-state index < -0.39 is 11.9 Å². The van der Waals surface area contributed by atoms with Gasteiger partial charge in [0.05, 0.1) is 7.11 Å². The highest BCUT2D eigenvalue weighted by atomic mass is 16.5. The summed E-state index contributed by atoms with van der Waals surface area (Å²) in [4.78, 5) is 22.1. The predicted molar refractivity (Wildman–Crippen MR) is 57.6 cm³/mol. The van der Waals surface area contributed by atoms with Crippen molar-refractivity contribution in [3.05, 3.63) is 35.5 Å². The van der Waals surface area contributed by atoms with Gasteiger partial charge in [-0.25, -0.2) is 4.79 Å². The molecule has 0 unspecified atom stereocenters. The second-order valence-corrected chi connectivity index (χ2v) is 3.24. The maximum Gasteiger partial charge on any atom is 0.326 e. The molecule has 1 aromatic rings. The molecule has 1 aliphatic rings. The van der Waals surface area contributed by atoms with Gasteiger partial charge in [0.25, 0.3) is 5.91 Å². The highest BCUT2D eigenvalue weighted by Gasteiger charge is 2.22. The van der Waals surface area contributed by atoms with Crippen LogP contribution in [0.25, 0.3) is 6.08 Å². The number of methoxy groups -OCH3 is 1. The Morgan fingerprint density at radius 2 is 2.06 bits per heavy atom. The molecule has 16 heavy (non-hydrogen) atoms. The van der Waals surface area contributed by atoms with E-state index in [1.165, 1.54) is 0 Å². The Kier molecular flexibility index (Phi) is 2.59. The van der Waals surface area contributed by atoms with E-state index in [1.54, 1.807) is 31.4 Å². The van der Waals surface area contributed by atoms with E-state index in [0.29, 0.717) is 5.75 Å². The van der Waals surface area contributed by atoms with Crippen molar-refractivity contribution in [1.82, 2.24) is 10.6 Å². The first-order valence-corrected chi connectivity index (χ1v) is 4.67. The van der Waals surface area contributed by atoms with E-state index in [4.69, 9.17) is 4.74 Å². The summed E-state index contributed by atoms with van der Waals surface area (Å²) >= 11 is 0. The maximum atomic E-state index is 11.2. The maximum absolute atomic E-state index is 11.2. The third-order valence-corrected chi connectivity index (χ3v) is 2.12. The van der Waals surface area contributed by atoms with E-state index in [0.717, 1.165) is 5.56 Å². The van der Waals surface area contributed by atoms with Gasteiger partial charge in [0.1, 0.15) is 11.4 Å².